The molecule has 0 bridgehead atoms. The fourth-order valence-corrected chi connectivity index (χ4v) is 2.89. The average Bonchev–Trinajstić information content (AvgIpc) is 3.04. The number of nitrogens with zero attached hydrogens (tertiary/aromatic N) is 4. The summed E-state index contributed by atoms with van der Waals surface area (Å²) in [5.74, 6) is 3.84. The number of thioether (sulfide) groups is 1. The zero-order chi connectivity index (χ0) is 18.5. The molecule has 1 aromatic rings. The summed E-state index contributed by atoms with van der Waals surface area (Å²) in [5.41, 5.74) is 0. The van der Waals surface area contributed by atoms with Gasteiger partial charge in [-0.05, 0) is 44.1 Å². The first-order valence-electron chi connectivity index (χ1n) is 9.47. The standard InChI is InChI=1S/C18H36N6S/c1-6-17-23-21-14-24(17)12-11-20-18(19-10-7-13-25-5)22-16(4)9-8-15(2)3/h14-16H,6-13H2,1-5H3,(H2,19,20,22). The van der Waals surface area contributed by atoms with Crippen LogP contribution in [0, 0.1) is 5.92 Å². The smallest absolute Gasteiger partial charge is 0.191 e. The number of rotatable bonds is 12. The van der Waals surface area contributed by atoms with Crippen LogP contribution in [0.3, 0.4) is 0 Å². The number of nitrogens with one attached hydrogen (secondary N) is 2. The van der Waals surface area contributed by atoms with Crippen molar-refractivity contribution in [2.24, 2.45) is 10.9 Å². The zero-order valence-corrected chi connectivity index (χ0v) is 17.4. The van der Waals surface area contributed by atoms with Crippen LogP contribution < -0.4 is 10.6 Å². The number of hydrogen-bond acceptors (Lipinski definition) is 4. The molecule has 0 aliphatic rings. The van der Waals surface area contributed by atoms with E-state index in [1.54, 1.807) is 6.33 Å². The first-order chi connectivity index (χ1) is 12.1. The van der Waals surface area contributed by atoms with Crippen LogP contribution in [-0.4, -0.2) is 51.9 Å². The van der Waals surface area contributed by atoms with Crippen molar-refractivity contribution in [3.05, 3.63) is 12.2 Å². The van der Waals surface area contributed by atoms with Gasteiger partial charge in [-0.1, -0.05) is 20.8 Å². The molecule has 0 aliphatic carbocycles. The van der Waals surface area contributed by atoms with Gasteiger partial charge in [0.1, 0.15) is 12.2 Å². The van der Waals surface area contributed by atoms with E-state index in [0.29, 0.717) is 6.04 Å². The maximum atomic E-state index is 4.73. The molecule has 0 amide bonds. The van der Waals surface area contributed by atoms with E-state index >= 15 is 0 Å². The monoisotopic (exact) mass is 368 g/mol. The van der Waals surface area contributed by atoms with Crippen LogP contribution >= 0.6 is 11.8 Å². The van der Waals surface area contributed by atoms with Crippen molar-refractivity contribution in [1.82, 2.24) is 25.4 Å². The Bertz CT molecular complexity index is 486. The highest BCUT2D eigenvalue weighted by atomic mass is 32.2. The summed E-state index contributed by atoms with van der Waals surface area (Å²) in [7, 11) is 0. The molecular weight excluding hydrogens is 332 g/mol. The van der Waals surface area contributed by atoms with Gasteiger partial charge >= 0.3 is 0 Å². The van der Waals surface area contributed by atoms with Gasteiger partial charge in [-0.15, -0.1) is 10.2 Å². The van der Waals surface area contributed by atoms with Crippen molar-refractivity contribution in [2.45, 2.75) is 66.0 Å². The van der Waals surface area contributed by atoms with E-state index in [1.165, 1.54) is 6.42 Å². The van der Waals surface area contributed by atoms with Gasteiger partial charge < -0.3 is 15.2 Å². The molecule has 1 heterocycles. The van der Waals surface area contributed by atoms with E-state index in [-0.39, 0.29) is 0 Å². The predicted molar refractivity (Wildman–Crippen MR) is 109 cm³/mol. The van der Waals surface area contributed by atoms with Crippen LogP contribution in [0.4, 0.5) is 0 Å². The lowest BCUT2D eigenvalue weighted by atomic mass is 10.0. The third-order valence-corrected chi connectivity index (χ3v) is 4.69. The molecule has 1 unspecified atom stereocenters. The normalized spacial score (nSPS) is 13.3. The summed E-state index contributed by atoms with van der Waals surface area (Å²) in [6, 6.07) is 0.426. The maximum absolute atomic E-state index is 4.73. The van der Waals surface area contributed by atoms with Gasteiger partial charge in [-0.25, -0.2) is 0 Å². The lowest BCUT2D eigenvalue weighted by Crippen LogP contribution is -2.43. The second-order valence-corrected chi connectivity index (χ2v) is 7.80. The number of guanidine groups is 1. The van der Waals surface area contributed by atoms with E-state index in [4.69, 9.17) is 4.99 Å². The van der Waals surface area contributed by atoms with Crippen molar-refractivity contribution in [1.29, 1.82) is 0 Å². The van der Waals surface area contributed by atoms with E-state index < -0.39 is 0 Å². The first kappa shape index (κ1) is 21.8. The third kappa shape index (κ3) is 9.72. The van der Waals surface area contributed by atoms with Crippen molar-refractivity contribution in [3.8, 4) is 0 Å². The second-order valence-electron chi connectivity index (χ2n) is 6.81. The fraction of sp³-hybridized carbons (Fsp3) is 0.833. The van der Waals surface area contributed by atoms with Gasteiger partial charge in [0.25, 0.3) is 0 Å². The Hall–Kier alpha value is -1.24. The maximum Gasteiger partial charge on any atom is 0.191 e. The molecular formula is C18H36N6S. The quantitative estimate of drug-likeness (QED) is 0.337. The molecule has 0 aromatic carbocycles. The highest BCUT2D eigenvalue weighted by Crippen LogP contribution is 2.06. The molecule has 7 heteroatoms. The summed E-state index contributed by atoms with van der Waals surface area (Å²) in [6.45, 7) is 11.4. The lowest BCUT2D eigenvalue weighted by molar-refractivity contribution is 0.488. The number of aliphatic imine (C=N–C) groups is 1. The van der Waals surface area contributed by atoms with Crippen LogP contribution in [0.1, 0.15) is 52.8 Å². The van der Waals surface area contributed by atoms with Gasteiger partial charge in [-0.3, -0.25) is 4.99 Å². The minimum atomic E-state index is 0.426. The minimum Gasteiger partial charge on any atom is -0.355 e. The van der Waals surface area contributed by atoms with Crippen molar-refractivity contribution >= 4 is 17.7 Å². The molecule has 144 valence electrons. The van der Waals surface area contributed by atoms with E-state index in [9.17, 15) is 0 Å². The Morgan fingerprint density at radius 3 is 2.80 bits per heavy atom. The highest BCUT2D eigenvalue weighted by Gasteiger charge is 2.07. The molecule has 1 atom stereocenters. The molecule has 0 spiro atoms. The molecule has 1 aromatic heterocycles. The van der Waals surface area contributed by atoms with Gasteiger partial charge in [-0.2, -0.15) is 11.8 Å². The van der Waals surface area contributed by atoms with E-state index in [0.717, 1.165) is 62.4 Å². The van der Waals surface area contributed by atoms with Gasteiger partial charge in [0, 0.05) is 32.1 Å². The molecule has 0 aliphatic heterocycles. The van der Waals surface area contributed by atoms with Crippen LogP contribution in [0.15, 0.2) is 11.3 Å². The highest BCUT2D eigenvalue weighted by molar-refractivity contribution is 7.98. The van der Waals surface area contributed by atoms with E-state index in [1.807, 2.05) is 11.8 Å². The number of aryl methyl sites for hydroxylation is 1. The molecule has 0 radical (unpaired) electrons. The number of hydrogen-bond donors (Lipinski definition) is 2. The lowest BCUT2D eigenvalue weighted by Gasteiger charge is -2.19. The zero-order valence-electron chi connectivity index (χ0n) is 16.6. The SMILES string of the molecule is CCc1nncn1CCNC(=NCCCSC)NC(C)CCC(C)C. The summed E-state index contributed by atoms with van der Waals surface area (Å²) in [5, 5.41) is 15.1. The van der Waals surface area contributed by atoms with Gasteiger partial charge in [0.15, 0.2) is 5.96 Å². The molecule has 0 saturated heterocycles. The van der Waals surface area contributed by atoms with Crippen LogP contribution in [0.25, 0.3) is 0 Å². The summed E-state index contributed by atoms with van der Waals surface area (Å²) >= 11 is 1.87. The Morgan fingerprint density at radius 1 is 1.32 bits per heavy atom. The number of aromatic nitrogens is 3. The van der Waals surface area contributed by atoms with Crippen LogP contribution in [0.2, 0.25) is 0 Å². The van der Waals surface area contributed by atoms with Crippen LogP contribution in [-0.2, 0) is 13.0 Å². The van der Waals surface area contributed by atoms with Gasteiger partial charge in [0.05, 0.1) is 0 Å². The molecule has 25 heavy (non-hydrogen) atoms. The molecule has 2 N–H and O–H groups in total. The predicted octanol–water partition coefficient (Wildman–Crippen LogP) is 2.95. The Morgan fingerprint density at radius 2 is 2.12 bits per heavy atom. The van der Waals surface area contributed by atoms with Crippen molar-refractivity contribution < 1.29 is 0 Å². The largest absolute Gasteiger partial charge is 0.355 e. The first-order valence-corrected chi connectivity index (χ1v) is 10.9. The summed E-state index contributed by atoms with van der Waals surface area (Å²) in [6.07, 6.45) is 8.34. The minimum absolute atomic E-state index is 0.426. The van der Waals surface area contributed by atoms with Crippen LogP contribution in [0.5, 0.6) is 0 Å². The molecule has 1 rings (SSSR count). The van der Waals surface area contributed by atoms with Gasteiger partial charge in [0.2, 0.25) is 0 Å². The Labute approximate surface area is 157 Å². The molecule has 0 saturated carbocycles. The Balaban J connectivity index is 2.49. The van der Waals surface area contributed by atoms with E-state index in [2.05, 4.69) is 59.3 Å². The fourth-order valence-electron chi connectivity index (χ4n) is 2.48. The Kier molecular flexibility index (Phi) is 11.4. The third-order valence-electron chi connectivity index (χ3n) is 3.99. The second kappa shape index (κ2) is 13.0. The molecule has 0 fully saturated rings. The summed E-state index contributed by atoms with van der Waals surface area (Å²) in [4.78, 5) is 4.73. The van der Waals surface area contributed by atoms with Crippen molar-refractivity contribution in [3.63, 3.8) is 0 Å². The topological polar surface area (TPSA) is 67.1 Å². The summed E-state index contributed by atoms with van der Waals surface area (Å²) < 4.78 is 2.10. The average molecular weight is 369 g/mol. The molecule has 6 nitrogen and oxygen atoms in total. The van der Waals surface area contributed by atoms with Crippen molar-refractivity contribution in [2.75, 3.05) is 25.1 Å².